The maximum Gasteiger partial charge on any atom is 0.311 e. The summed E-state index contributed by atoms with van der Waals surface area (Å²) in [7, 11) is 0. The second-order valence-corrected chi connectivity index (χ2v) is 3.97. The molecule has 0 saturated carbocycles. The first-order valence-corrected chi connectivity index (χ1v) is 5.40. The van der Waals surface area contributed by atoms with Crippen molar-refractivity contribution in [3.05, 3.63) is 29.6 Å². The molecule has 2 N–H and O–H groups in total. The van der Waals surface area contributed by atoms with E-state index in [1.807, 2.05) is 25.1 Å². The van der Waals surface area contributed by atoms with Crippen molar-refractivity contribution >= 4 is 17.0 Å². The fraction of sp³-hybridized carbons (Fsp3) is 0.333. The van der Waals surface area contributed by atoms with Gasteiger partial charge in [0.25, 0.3) is 0 Å². The predicted octanol–water partition coefficient (Wildman–Crippen LogP) is 0.964. The maximum atomic E-state index is 10.8. The summed E-state index contributed by atoms with van der Waals surface area (Å²) < 4.78 is 1.75. The molecule has 0 aliphatic heterocycles. The summed E-state index contributed by atoms with van der Waals surface area (Å²) in [5.41, 5.74) is 2.71. The standard InChI is InChI=1S/C12H14N2O3/c1-8-2-3-10-9(6-8)13-11(7-12(16)17)14(10)4-5-15/h2-3,6,15H,4-5,7H2,1H3,(H,16,17). The Morgan fingerprint density at radius 2 is 2.24 bits per heavy atom. The third-order valence-electron chi connectivity index (χ3n) is 2.62. The molecule has 17 heavy (non-hydrogen) atoms. The first-order chi connectivity index (χ1) is 8.11. The minimum atomic E-state index is -0.920. The van der Waals surface area contributed by atoms with Crippen molar-refractivity contribution in [2.75, 3.05) is 6.61 Å². The molecule has 1 heterocycles. The van der Waals surface area contributed by atoms with Gasteiger partial charge in [0.05, 0.1) is 17.6 Å². The summed E-state index contributed by atoms with van der Waals surface area (Å²) in [6, 6.07) is 5.76. The van der Waals surface area contributed by atoms with Gasteiger partial charge in [0.2, 0.25) is 0 Å². The largest absolute Gasteiger partial charge is 0.481 e. The molecule has 0 aliphatic carbocycles. The van der Waals surface area contributed by atoms with E-state index in [9.17, 15) is 4.79 Å². The van der Waals surface area contributed by atoms with Crippen LogP contribution in [0.15, 0.2) is 18.2 Å². The van der Waals surface area contributed by atoms with Crippen molar-refractivity contribution in [1.82, 2.24) is 9.55 Å². The highest BCUT2D eigenvalue weighted by Gasteiger charge is 2.13. The van der Waals surface area contributed by atoms with Crippen molar-refractivity contribution in [3.8, 4) is 0 Å². The number of rotatable bonds is 4. The Balaban J connectivity index is 2.56. The van der Waals surface area contributed by atoms with Crippen LogP contribution in [0.2, 0.25) is 0 Å². The second-order valence-electron chi connectivity index (χ2n) is 3.97. The van der Waals surface area contributed by atoms with Gasteiger partial charge in [-0.3, -0.25) is 4.79 Å². The van der Waals surface area contributed by atoms with E-state index in [4.69, 9.17) is 10.2 Å². The van der Waals surface area contributed by atoms with Crippen LogP contribution in [0, 0.1) is 6.92 Å². The number of carboxylic acid groups (broad SMARTS) is 1. The van der Waals surface area contributed by atoms with Gasteiger partial charge in [-0.15, -0.1) is 0 Å². The zero-order valence-electron chi connectivity index (χ0n) is 9.55. The normalized spacial score (nSPS) is 10.9. The Labute approximate surface area is 98.3 Å². The zero-order valence-corrected chi connectivity index (χ0v) is 9.55. The molecule has 1 aromatic heterocycles. The summed E-state index contributed by atoms with van der Waals surface area (Å²) >= 11 is 0. The number of aryl methyl sites for hydroxylation is 1. The highest BCUT2D eigenvalue weighted by molar-refractivity contribution is 5.78. The van der Waals surface area contributed by atoms with Crippen LogP contribution in [0.25, 0.3) is 11.0 Å². The number of fused-ring (bicyclic) bond motifs is 1. The molecule has 90 valence electrons. The van der Waals surface area contributed by atoms with E-state index < -0.39 is 5.97 Å². The fourth-order valence-electron chi connectivity index (χ4n) is 1.91. The van der Waals surface area contributed by atoms with Crippen LogP contribution >= 0.6 is 0 Å². The number of aromatic nitrogens is 2. The minimum Gasteiger partial charge on any atom is -0.481 e. The lowest BCUT2D eigenvalue weighted by Gasteiger charge is -2.05. The van der Waals surface area contributed by atoms with E-state index in [0.717, 1.165) is 16.6 Å². The van der Waals surface area contributed by atoms with Gasteiger partial charge in [0, 0.05) is 6.54 Å². The molecular weight excluding hydrogens is 220 g/mol. The first kappa shape index (κ1) is 11.6. The van der Waals surface area contributed by atoms with Crippen LogP contribution in [-0.4, -0.2) is 32.3 Å². The number of carbonyl (C=O) groups is 1. The Hall–Kier alpha value is -1.88. The van der Waals surface area contributed by atoms with Gasteiger partial charge < -0.3 is 14.8 Å². The molecular formula is C12H14N2O3. The molecule has 0 unspecified atom stereocenters. The highest BCUT2D eigenvalue weighted by Crippen LogP contribution is 2.18. The van der Waals surface area contributed by atoms with E-state index in [2.05, 4.69) is 4.98 Å². The molecule has 0 amide bonds. The minimum absolute atomic E-state index is 0.0358. The molecule has 0 atom stereocenters. The number of aliphatic hydroxyl groups is 1. The summed E-state index contributed by atoms with van der Waals surface area (Å²) in [4.78, 5) is 15.1. The van der Waals surface area contributed by atoms with Gasteiger partial charge in [-0.2, -0.15) is 0 Å². The van der Waals surface area contributed by atoms with Crippen LogP contribution in [0.5, 0.6) is 0 Å². The second kappa shape index (κ2) is 4.55. The summed E-state index contributed by atoms with van der Waals surface area (Å²) in [6.07, 6.45) is -0.131. The van der Waals surface area contributed by atoms with E-state index >= 15 is 0 Å². The number of aliphatic carboxylic acids is 1. The topological polar surface area (TPSA) is 75.3 Å². The highest BCUT2D eigenvalue weighted by atomic mass is 16.4. The van der Waals surface area contributed by atoms with Gasteiger partial charge in [0.1, 0.15) is 12.2 Å². The molecule has 2 aromatic rings. The van der Waals surface area contributed by atoms with Gasteiger partial charge in [-0.05, 0) is 24.6 Å². The van der Waals surface area contributed by atoms with Gasteiger partial charge in [-0.1, -0.05) is 6.07 Å². The maximum absolute atomic E-state index is 10.8. The molecule has 2 rings (SSSR count). The smallest absolute Gasteiger partial charge is 0.311 e. The number of nitrogens with zero attached hydrogens (tertiary/aromatic N) is 2. The van der Waals surface area contributed by atoms with E-state index in [1.165, 1.54) is 0 Å². The van der Waals surface area contributed by atoms with Crippen LogP contribution < -0.4 is 0 Å². The van der Waals surface area contributed by atoms with E-state index in [1.54, 1.807) is 4.57 Å². The quantitative estimate of drug-likeness (QED) is 0.826. The molecule has 5 nitrogen and oxygen atoms in total. The van der Waals surface area contributed by atoms with Crippen molar-refractivity contribution in [3.63, 3.8) is 0 Å². The Morgan fingerprint density at radius 3 is 2.88 bits per heavy atom. The Bertz CT molecular complexity index is 560. The molecule has 0 radical (unpaired) electrons. The van der Waals surface area contributed by atoms with E-state index in [0.29, 0.717) is 12.4 Å². The molecule has 0 fully saturated rings. The molecule has 0 aliphatic rings. The van der Waals surface area contributed by atoms with Crippen LogP contribution in [-0.2, 0) is 17.8 Å². The van der Waals surface area contributed by atoms with Crippen molar-refractivity contribution in [2.45, 2.75) is 19.9 Å². The number of hydrogen-bond donors (Lipinski definition) is 2. The van der Waals surface area contributed by atoms with Crippen LogP contribution in [0.1, 0.15) is 11.4 Å². The summed E-state index contributed by atoms with van der Waals surface area (Å²) in [5.74, 6) is -0.441. The number of carboxylic acids is 1. The lowest BCUT2D eigenvalue weighted by Crippen LogP contribution is -2.11. The Kier molecular flexibility index (Phi) is 3.10. The third-order valence-corrected chi connectivity index (χ3v) is 2.62. The van der Waals surface area contributed by atoms with E-state index in [-0.39, 0.29) is 13.0 Å². The number of imidazole rings is 1. The lowest BCUT2D eigenvalue weighted by molar-refractivity contribution is -0.136. The average Bonchev–Trinajstić information content (AvgIpc) is 2.55. The first-order valence-electron chi connectivity index (χ1n) is 5.40. The molecule has 0 bridgehead atoms. The van der Waals surface area contributed by atoms with Gasteiger partial charge in [-0.25, -0.2) is 4.98 Å². The zero-order chi connectivity index (χ0) is 12.4. The van der Waals surface area contributed by atoms with Gasteiger partial charge >= 0.3 is 5.97 Å². The molecule has 5 heteroatoms. The van der Waals surface area contributed by atoms with Gasteiger partial charge in [0.15, 0.2) is 0 Å². The van der Waals surface area contributed by atoms with Crippen molar-refractivity contribution in [1.29, 1.82) is 0 Å². The molecule has 1 aromatic carbocycles. The SMILES string of the molecule is Cc1ccc2c(c1)nc(CC(=O)O)n2CCO. The number of hydrogen-bond acceptors (Lipinski definition) is 3. The van der Waals surface area contributed by atoms with Crippen LogP contribution in [0.3, 0.4) is 0 Å². The average molecular weight is 234 g/mol. The number of benzene rings is 1. The predicted molar refractivity (Wildman–Crippen MR) is 62.9 cm³/mol. The van der Waals surface area contributed by atoms with Crippen molar-refractivity contribution in [2.24, 2.45) is 0 Å². The molecule has 0 saturated heterocycles. The summed E-state index contributed by atoms with van der Waals surface area (Å²) in [6.45, 7) is 2.29. The Morgan fingerprint density at radius 1 is 1.47 bits per heavy atom. The fourth-order valence-corrected chi connectivity index (χ4v) is 1.91. The summed E-state index contributed by atoms with van der Waals surface area (Å²) in [5, 5.41) is 17.8. The number of aliphatic hydroxyl groups excluding tert-OH is 1. The lowest BCUT2D eigenvalue weighted by atomic mass is 10.2. The van der Waals surface area contributed by atoms with Crippen molar-refractivity contribution < 1.29 is 15.0 Å². The molecule has 0 spiro atoms. The monoisotopic (exact) mass is 234 g/mol. The third kappa shape index (κ3) is 2.29. The van der Waals surface area contributed by atoms with Crippen LogP contribution in [0.4, 0.5) is 0 Å².